The molecule has 24 heavy (non-hydrogen) atoms. The molecule has 0 aliphatic rings. The Balaban J connectivity index is 3.45. The van der Waals surface area contributed by atoms with Crippen LogP contribution in [0.5, 0.6) is 0 Å². The molecular formula is C20H36O4. The summed E-state index contributed by atoms with van der Waals surface area (Å²) < 4.78 is 0. The maximum atomic E-state index is 10.9. The van der Waals surface area contributed by atoms with Crippen molar-refractivity contribution >= 4 is 11.9 Å². The first kappa shape index (κ1) is 22.7. The number of aliphatic carboxylic acids is 2. The highest BCUT2D eigenvalue weighted by Gasteiger charge is 2.17. The van der Waals surface area contributed by atoms with Gasteiger partial charge < -0.3 is 10.2 Å². The number of carboxylic acids is 2. The topological polar surface area (TPSA) is 74.6 Å². The Morgan fingerprint density at radius 2 is 1.33 bits per heavy atom. The Morgan fingerprint density at radius 1 is 0.833 bits per heavy atom. The summed E-state index contributed by atoms with van der Waals surface area (Å²) in [5.74, 6) is -2.22. The zero-order valence-electron chi connectivity index (χ0n) is 15.5. The van der Waals surface area contributed by atoms with Gasteiger partial charge in [0.05, 0.1) is 12.3 Å². The number of rotatable bonds is 16. The third-order valence-corrected chi connectivity index (χ3v) is 4.23. The Labute approximate surface area is 147 Å². The van der Waals surface area contributed by atoms with Crippen LogP contribution < -0.4 is 0 Å². The van der Waals surface area contributed by atoms with Crippen molar-refractivity contribution in [3.8, 4) is 0 Å². The molecule has 1 unspecified atom stereocenters. The number of allylic oxidation sites excluding steroid dienone is 1. The van der Waals surface area contributed by atoms with Crippen molar-refractivity contribution in [2.75, 3.05) is 0 Å². The van der Waals surface area contributed by atoms with E-state index in [0.29, 0.717) is 0 Å². The molecule has 0 bridgehead atoms. The molecule has 0 spiro atoms. The van der Waals surface area contributed by atoms with Crippen LogP contribution in [0, 0.1) is 11.8 Å². The SMILES string of the molecule is CC(C)CCCCCCCCCCCC=CC(CC(=O)O)C(=O)O. The molecule has 4 nitrogen and oxygen atoms in total. The summed E-state index contributed by atoms with van der Waals surface area (Å²) in [6.07, 6.45) is 16.6. The zero-order chi connectivity index (χ0) is 18.2. The minimum absolute atomic E-state index is 0.344. The second-order valence-corrected chi connectivity index (χ2v) is 7.12. The minimum atomic E-state index is -1.07. The molecule has 0 aliphatic heterocycles. The lowest BCUT2D eigenvalue weighted by atomic mass is 10.0. The van der Waals surface area contributed by atoms with Gasteiger partial charge in [0.1, 0.15) is 0 Å². The van der Waals surface area contributed by atoms with E-state index < -0.39 is 17.9 Å². The lowest BCUT2D eigenvalue weighted by Gasteiger charge is -2.04. The number of hydrogen-bond donors (Lipinski definition) is 2. The van der Waals surface area contributed by atoms with E-state index in [1.807, 2.05) is 6.08 Å². The number of hydrogen-bond acceptors (Lipinski definition) is 2. The summed E-state index contributed by atoms with van der Waals surface area (Å²) >= 11 is 0. The smallest absolute Gasteiger partial charge is 0.310 e. The van der Waals surface area contributed by atoms with Crippen molar-refractivity contribution in [1.82, 2.24) is 0 Å². The van der Waals surface area contributed by atoms with Crippen molar-refractivity contribution in [3.05, 3.63) is 12.2 Å². The van der Waals surface area contributed by atoms with Gasteiger partial charge in [0.15, 0.2) is 0 Å². The molecule has 0 radical (unpaired) electrons. The molecular weight excluding hydrogens is 304 g/mol. The normalized spacial score (nSPS) is 12.8. The van der Waals surface area contributed by atoms with Crippen molar-refractivity contribution in [2.45, 2.75) is 90.9 Å². The molecule has 0 aromatic heterocycles. The molecule has 140 valence electrons. The second kappa shape index (κ2) is 15.2. The van der Waals surface area contributed by atoms with Gasteiger partial charge in [0, 0.05) is 0 Å². The summed E-state index contributed by atoms with van der Waals surface area (Å²) in [6, 6.07) is 0. The number of unbranched alkanes of at least 4 members (excludes halogenated alkanes) is 9. The highest BCUT2D eigenvalue weighted by molar-refractivity contribution is 5.79. The molecule has 0 aromatic rings. The third kappa shape index (κ3) is 15.6. The van der Waals surface area contributed by atoms with Gasteiger partial charge in [-0.25, -0.2) is 0 Å². The average Bonchev–Trinajstić information content (AvgIpc) is 2.49. The van der Waals surface area contributed by atoms with Gasteiger partial charge in [-0.15, -0.1) is 0 Å². The quantitative estimate of drug-likeness (QED) is 0.280. The number of carbonyl (C=O) groups is 2. The van der Waals surface area contributed by atoms with E-state index in [0.717, 1.165) is 25.2 Å². The van der Waals surface area contributed by atoms with E-state index in [2.05, 4.69) is 13.8 Å². The molecule has 1 atom stereocenters. The van der Waals surface area contributed by atoms with Crippen LogP contribution in [-0.2, 0) is 9.59 Å². The summed E-state index contributed by atoms with van der Waals surface area (Å²) in [7, 11) is 0. The predicted octanol–water partition coefficient (Wildman–Crippen LogP) is 5.67. The van der Waals surface area contributed by atoms with Crippen LogP contribution in [0.15, 0.2) is 12.2 Å². The van der Waals surface area contributed by atoms with Crippen molar-refractivity contribution in [2.24, 2.45) is 11.8 Å². The largest absolute Gasteiger partial charge is 0.481 e. The maximum Gasteiger partial charge on any atom is 0.310 e. The third-order valence-electron chi connectivity index (χ3n) is 4.23. The van der Waals surface area contributed by atoms with E-state index in [1.54, 1.807) is 0 Å². The molecule has 0 fully saturated rings. The highest BCUT2D eigenvalue weighted by atomic mass is 16.4. The first-order chi connectivity index (χ1) is 11.4. The van der Waals surface area contributed by atoms with Gasteiger partial charge in [-0.1, -0.05) is 83.8 Å². The van der Waals surface area contributed by atoms with Crippen molar-refractivity contribution in [1.29, 1.82) is 0 Å². The Hall–Kier alpha value is -1.32. The summed E-state index contributed by atoms with van der Waals surface area (Å²) in [6.45, 7) is 4.56. The monoisotopic (exact) mass is 340 g/mol. The fraction of sp³-hybridized carbons (Fsp3) is 0.800. The predicted molar refractivity (Wildman–Crippen MR) is 98.1 cm³/mol. The van der Waals surface area contributed by atoms with Crippen LogP contribution in [0.1, 0.15) is 90.9 Å². The van der Waals surface area contributed by atoms with E-state index in [-0.39, 0.29) is 6.42 Å². The van der Waals surface area contributed by atoms with E-state index in [4.69, 9.17) is 10.2 Å². The van der Waals surface area contributed by atoms with Gasteiger partial charge in [-0.2, -0.15) is 0 Å². The van der Waals surface area contributed by atoms with Crippen molar-refractivity contribution < 1.29 is 19.8 Å². The van der Waals surface area contributed by atoms with E-state index in [9.17, 15) is 9.59 Å². The molecule has 0 rings (SSSR count). The lowest BCUT2D eigenvalue weighted by Crippen LogP contribution is -2.15. The van der Waals surface area contributed by atoms with Crippen LogP contribution in [0.3, 0.4) is 0 Å². The van der Waals surface area contributed by atoms with Crippen LogP contribution in [0.2, 0.25) is 0 Å². The molecule has 0 saturated carbocycles. The summed E-state index contributed by atoms with van der Waals surface area (Å²) in [4.78, 5) is 21.5. The lowest BCUT2D eigenvalue weighted by molar-refractivity contribution is -0.146. The van der Waals surface area contributed by atoms with E-state index in [1.165, 1.54) is 57.4 Å². The molecule has 0 heterocycles. The summed E-state index contributed by atoms with van der Waals surface area (Å²) in [5, 5.41) is 17.6. The summed E-state index contributed by atoms with van der Waals surface area (Å²) in [5.41, 5.74) is 0. The van der Waals surface area contributed by atoms with Crippen LogP contribution in [-0.4, -0.2) is 22.2 Å². The van der Waals surface area contributed by atoms with Gasteiger partial charge in [-0.3, -0.25) is 9.59 Å². The average molecular weight is 341 g/mol. The van der Waals surface area contributed by atoms with Gasteiger partial charge >= 0.3 is 11.9 Å². The number of carboxylic acid groups (broad SMARTS) is 2. The first-order valence-electron chi connectivity index (χ1n) is 9.54. The molecule has 0 aliphatic carbocycles. The Bertz CT molecular complexity index is 361. The molecule has 4 heteroatoms. The fourth-order valence-electron chi connectivity index (χ4n) is 2.74. The maximum absolute atomic E-state index is 10.9. The Morgan fingerprint density at radius 3 is 1.79 bits per heavy atom. The fourth-order valence-corrected chi connectivity index (χ4v) is 2.74. The highest BCUT2D eigenvalue weighted by Crippen LogP contribution is 2.14. The zero-order valence-corrected chi connectivity index (χ0v) is 15.5. The molecule has 0 saturated heterocycles. The van der Waals surface area contributed by atoms with Gasteiger partial charge in [0.25, 0.3) is 0 Å². The molecule has 2 N–H and O–H groups in total. The first-order valence-corrected chi connectivity index (χ1v) is 9.54. The van der Waals surface area contributed by atoms with E-state index >= 15 is 0 Å². The van der Waals surface area contributed by atoms with Crippen molar-refractivity contribution in [3.63, 3.8) is 0 Å². The van der Waals surface area contributed by atoms with Crippen LogP contribution in [0.25, 0.3) is 0 Å². The standard InChI is InChI=1S/C20H36O4/c1-17(2)14-12-10-8-6-4-3-5-7-9-11-13-15-18(20(23)24)16-19(21)22/h13,15,17-18H,3-12,14,16H2,1-2H3,(H,21,22)(H,23,24). The minimum Gasteiger partial charge on any atom is -0.481 e. The van der Waals surface area contributed by atoms with Gasteiger partial charge in [-0.05, 0) is 18.8 Å². The Kier molecular flexibility index (Phi) is 14.4. The van der Waals surface area contributed by atoms with Crippen LogP contribution in [0.4, 0.5) is 0 Å². The molecule has 0 aromatic carbocycles. The van der Waals surface area contributed by atoms with Crippen LogP contribution >= 0.6 is 0 Å². The second-order valence-electron chi connectivity index (χ2n) is 7.12. The molecule has 0 amide bonds. The van der Waals surface area contributed by atoms with Gasteiger partial charge in [0.2, 0.25) is 0 Å².